The maximum absolute atomic E-state index is 6.13. The van der Waals surface area contributed by atoms with Crippen molar-refractivity contribution in [1.82, 2.24) is 14.9 Å². The number of morpholine rings is 1. The minimum Gasteiger partial charge on any atom is -0.375 e. The fraction of sp³-hybridized carbons (Fsp3) is 0.529. The third-order valence-corrected chi connectivity index (χ3v) is 5.62. The Labute approximate surface area is 140 Å². The minimum absolute atomic E-state index is 0.332. The largest absolute Gasteiger partial charge is 0.375 e. The number of anilines is 1. The van der Waals surface area contributed by atoms with Gasteiger partial charge in [-0.15, -0.1) is 0 Å². The van der Waals surface area contributed by atoms with Gasteiger partial charge in [-0.3, -0.25) is 4.90 Å². The normalized spacial score (nSPS) is 27.7. The van der Waals surface area contributed by atoms with E-state index < -0.39 is 0 Å². The Hall–Kier alpha value is -1.50. The van der Waals surface area contributed by atoms with Gasteiger partial charge in [0.05, 0.1) is 12.7 Å². The molecule has 1 aliphatic heterocycles. The minimum atomic E-state index is 0.332. The predicted molar refractivity (Wildman–Crippen MR) is 91.5 cm³/mol. The molecule has 5 nitrogen and oxygen atoms in total. The molecule has 2 fully saturated rings. The van der Waals surface area contributed by atoms with E-state index in [4.69, 9.17) is 4.74 Å². The van der Waals surface area contributed by atoms with E-state index >= 15 is 0 Å². The standard InChI is InChI=1S/C17H22N4OS/c1-5-18-17(19-6-1)20-10-14-2-3-15-16(14)22-8-7-21(15)11-13-4-9-23-12-13/h1,4-6,9,12,14-16H,2-3,7-8,10-11H2,(H,18,19,20). The summed E-state index contributed by atoms with van der Waals surface area (Å²) in [6.45, 7) is 3.82. The van der Waals surface area contributed by atoms with Crippen LogP contribution in [0.5, 0.6) is 0 Å². The van der Waals surface area contributed by atoms with Gasteiger partial charge in [-0.05, 0) is 41.3 Å². The molecule has 3 heterocycles. The highest BCUT2D eigenvalue weighted by atomic mass is 32.1. The molecular weight excluding hydrogens is 308 g/mol. The Kier molecular flexibility index (Phi) is 4.55. The summed E-state index contributed by atoms with van der Waals surface area (Å²) in [5, 5.41) is 7.78. The molecule has 0 radical (unpaired) electrons. The highest BCUT2D eigenvalue weighted by Crippen LogP contribution is 2.35. The summed E-state index contributed by atoms with van der Waals surface area (Å²) in [7, 11) is 0. The van der Waals surface area contributed by atoms with Crippen molar-refractivity contribution in [3.05, 3.63) is 40.8 Å². The van der Waals surface area contributed by atoms with Crippen molar-refractivity contribution in [3.8, 4) is 0 Å². The molecule has 0 spiro atoms. The third kappa shape index (κ3) is 3.39. The molecule has 0 bridgehead atoms. The quantitative estimate of drug-likeness (QED) is 0.913. The Morgan fingerprint density at radius 3 is 3.04 bits per heavy atom. The molecule has 1 saturated heterocycles. The first-order valence-corrected chi connectivity index (χ1v) is 9.22. The van der Waals surface area contributed by atoms with Gasteiger partial charge in [-0.1, -0.05) is 0 Å². The zero-order chi connectivity index (χ0) is 15.5. The van der Waals surface area contributed by atoms with Crippen LogP contribution in [-0.4, -0.2) is 46.7 Å². The molecule has 3 unspecified atom stereocenters. The summed E-state index contributed by atoms with van der Waals surface area (Å²) < 4.78 is 6.13. The molecule has 23 heavy (non-hydrogen) atoms. The number of hydrogen-bond donors (Lipinski definition) is 1. The first-order chi connectivity index (χ1) is 11.4. The lowest BCUT2D eigenvalue weighted by molar-refractivity contribution is -0.0744. The van der Waals surface area contributed by atoms with Crippen LogP contribution in [0.2, 0.25) is 0 Å². The molecule has 1 saturated carbocycles. The van der Waals surface area contributed by atoms with Crippen LogP contribution in [0.4, 0.5) is 5.95 Å². The van der Waals surface area contributed by atoms with E-state index in [1.165, 1.54) is 18.4 Å². The van der Waals surface area contributed by atoms with Crippen molar-refractivity contribution in [2.24, 2.45) is 5.92 Å². The Morgan fingerprint density at radius 1 is 1.30 bits per heavy atom. The summed E-state index contributed by atoms with van der Waals surface area (Å²) in [4.78, 5) is 11.1. The second-order valence-electron chi connectivity index (χ2n) is 6.30. The number of ether oxygens (including phenoxy) is 1. The topological polar surface area (TPSA) is 50.3 Å². The summed E-state index contributed by atoms with van der Waals surface area (Å²) in [5.41, 5.74) is 1.43. The Balaban J connectivity index is 1.37. The van der Waals surface area contributed by atoms with E-state index in [0.717, 1.165) is 26.2 Å². The lowest BCUT2D eigenvalue weighted by Crippen LogP contribution is -2.50. The summed E-state index contributed by atoms with van der Waals surface area (Å²) in [6.07, 6.45) is 6.30. The molecule has 2 aromatic rings. The summed E-state index contributed by atoms with van der Waals surface area (Å²) in [5.74, 6) is 1.25. The van der Waals surface area contributed by atoms with Gasteiger partial charge in [-0.25, -0.2) is 9.97 Å². The summed E-state index contributed by atoms with van der Waals surface area (Å²) >= 11 is 1.78. The molecule has 2 aliphatic rings. The molecular formula is C17H22N4OS. The van der Waals surface area contributed by atoms with E-state index in [0.29, 0.717) is 24.0 Å². The highest BCUT2D eigenvalue weighted by Gasteiger charge is 2.42. The molecule has 122 valence electrons. The zero-order valence-corrected chi connectivity index (χ0v) is 13.9. The smallest absolute Gasteiger partial charge is 0.222 e. The lowest BCUT2D eigenvalue weighted by Gasteiger charge is -2.39. The molecule has 3 atom stereocenters. The average Bonchev–Trinajstić information content (AvgIpc) is 3.24. The van der Waals surface area contributed by atoms with Crippen molar-refractivity contribution < 1.29 is 4.74 Å². The predicted octanol–water partition coefficient (Wildman–Crippen LogP) is 2.63. The van der Waals surface area contributed by atoms with Gasteiger partial charge in [0, 0.05) is 44.0 Å². The van der Waals surface area contributed by atoms with E-state index in [1.807, 2.05) is 6.07 Å². The number of nitrogens with one attached hydrogen (secondary N) is 1. The molecule has 0 amide bonds. The van der Waals surface area contributed by atoms with Crippen LogP contribution in [0.1, 0.15) is 18.4 Å². The number of fused-ring (bicyclic) bond motifs is 1. The van der Waals surface area contributed by atoms with E-state index in [9.17, 15) is 0 Å². The average molecular weight is 330 g/mol. The maximum Gasteiger partial charge on any atom is 0.222 e. The van der Waals surface area contributed by atoms with E-state index in [1.54, 1.807) is 23.7 Å². The van der Waals surface area contributed by atoms with Crippen LogP contribution in [0.3, 0.4) is 0 Å². The van der Waals surface area contributed by atoms with E-state index in [2.05, 4.69) is 37.0 Å². The highest BCUT2D eigenvalue weighted by molar-refractivity contribution is 7.07. The van der Waals surface area contributed by atoms with Gasteiger partial charge in [0.15, 0.2) is 0 Å². The Morgan fingerprint density at radius 2 is 2.22 bits per heavy atom. The summed E-state index contributed by atoms with van der Waals surface area (Å²) in [6, 6.07) is 4.62. The number of nitrogens with zero attached hydrogens (tertiary/aromatic N) is 3. The zero-order valence-electron chi connectivity index (χ0n) is 13.1. The maximum atomic E-state index is 6.13. The van der Waals surface area contributed by atoms with Crippen molar-refractivity contribution in [3.63, 3.8) is 0 Å². The van der Waals surface area contributed by atoms with Crippen molar-refractivity contribution >= 4 is 17.3 Å². The lowest BCUT2D eigenvalue weighted by atomic mass is 10.0. The van der Waals surface area contributed by atoms with Gasteiger partial charge in [0.1, 0.15) is 0 Å². The fourth-order valence-corrected chi connectivity index (χ4v) is 4.44. The molecule has 1 N–H and O–H groups in total. The van der Waals surface area contributed by atoms with Crippen molar-refractivity contribution in [1.29, 1.82) is 0 Å². The van der Waals surface area contributed by atoms with Gasteiger partial charge >= 0.3 is 0 Å². The second-order valence-corrected chi connectivity index (χ2v) is 7.08. The fourth-order valence-electron chi connectivity index (χ4n) is 3.78. The van der Waals surface area contributed by atoms with Crippen molar-refractivity contribution in [2.45, 2.75) is 31.5 Å². The van der Waals surface area contributed by atoms with Crippen LogP contribution >= 0.6 is 11.3 Å². The third-order valence-electron chi connectivity index (χ3n) is 4.89. The monoisotopic (exact) mass is 330 g/mol. The van der Waals surface area contributed by atoms with Gasteiger partial charge in [-0.2, -0.15) is 11.3 Å². The van der Waals surface area contributed by atoms with Crippen LogP contribution in [0.25, 0.3) is 0 Å². The van der Waals surface area contributed by atoms with E-state index in [-0.39, 0.29) is 0 Å². The first kappa shape index (κ1) is 15.1. The molecule has 1 aliphatic carbocycles. The molecule has 6 heteroatoms. The van der Waals surface area contributed by atoms with Crippen LogP contribution in [-0.2, 0) is 11.3 Å². The van der Waals surface area contributed by atoms with Crippen LogP contribution < -0.4 is 5.32 Å². The van der Waals surface area contributed by atoms with Gasteiger partial charge in [0.25, 0.3) is 0 Å². The van der Waals surface area contributed by atoms with Crippen LogP contribution in [0.15, 0.2) is 35.3 Å². The molecule has 2 aromatic heterocycles. The number of thiophene rings is 1. The Bertz CT molecular complexity index is 606. The number of rotatable bonds is 5. The van der Waals surface area contributed by atoms with Crippen LogP contribution in [0, 0.1) is 5.92 Å². The first-order valence-electron chi connectivity index (χ1n) is 8.28. The molecule has 4 rings (SSSR count). The number of aromatic nitrogens is 2. The number of hydrogen-bond acceptors (Lipinski definition) is 6. The second kappa shape index (κ2) is 6.95. The SMILES string of the molecule is c1cnc(NCC2CCC3C2OCCN3Cc2ccsc2)nc1. The van der Waals surface area contributed by atoms with Crippen molar-refractivity contribution in [2.75, 3.05) is 25.0 Å². The molecule has 0 aromatic carbocycles. The van der Waals surface area contributed by atoms with Gasteiger partial charge < -0.3 is 10.1 Å². The van der Waals surface area contributed by atoms with Gasteiger partial charge in [0.2, 0.25) is 5.95 Å².